The minimum atomic E-state index is -3.39. The molecule has 0 atom stereocenters. The number of carbonyl (C=O) groups excluding carboxylic acids is 1. The number of methoxy groups -OCH3 is 1. The molecule has 0 N–H and O–H groups in total. The maximum absolute atomic E-state index is 13.0. The van der Waals surface area contributed by atoms with Crippen molar-refractivity contribution in [3.63, 3.8) is 0 Å². The van der Waals surface area contributed by atoms with Crippen LogP contribution in [0.25, 0.3) is 0 Å². The number of carbonyl (C=O) groups is 1. The minimum Gasteiger partial charge on any atom is -0.446 e. The number of aromatic nitrogens is 1. The number of likely N-dealkylation sites (tertiary alicyclic amines) is 1. The molecule has 0 bridgehead atoms. The van der Waals surface area contributed by atoms with Crippen LogP contribution in [0.4, 0.5) is 4.79 Å². The molecule has 2 aliphatic heterocycles. The number of rotatable bonds is 5. The summed E-state index contributed by atoms with van der Waals surface area (Å²) in [7, 11) is -1.68. The summed E-state index contributed by atoms with van der Waals surface area (Å²) < 4.78 is 38.4. The zero-order chi connectivity index (χ0) is 21.1. The SMILES string of the molecule is COC1CCC(OC(=O)N2CC(S(=O)(=O)N3CCC(c4ccncc4)CC3)C2)CC1. The molecule has 0 spiro atoms. The van der Waals surface area contributed by atoms with Crippen molar-refractivity contribution in [1.82, 2.24) is 14.2 Å². The van der Waals surface area contributed by atoms with Crippen LogP contribution < -0.4 is 0 Å². The highest BCUT2D eigenvalue weighted by Gasteiger charge is 2.44. The average molecular weight is 438 g/mol. The summed E-state index contributed by atoms with van der Waals surface area (Å²) in [5, 5.41) is -0.522. The monoisotopic (exact) mass is 437 g/mol. The third-order valence-corrected chi connectivity index (χ3v) is 8.97. The van der Waals surface area contributed by atoms with Crippen molar-refractivity contribution in [3.8, 4) is 0 Å². The largest absolute Gasteiger partial charge is 0.446 e. The molecule has 2 saturated heterocycles. The smallest absolute Gasteiger partial charge is 0.410 e. The van der Waals surface area contributed by atoms with Crippen molar-refractivity contribution in [2.75, 3.05) is 33.3 Å². The number of hydrogen-bond donors (Lipinski definition) is 0. The van der Waals surface area contributed by atoms with Crippen molar-refractivity contribution >= 4 is 16.1 Å². The number of hydrogen-bond acceptors (Lipinski definition) is 6. The van der Waals surface area contributed by atoms with Crippen molar-refractivity contribution in [1.29, 1.82) is 0 Å². The molecule has 3 fully saturated rings. The Morgan fingerprint density at radius 2 is 1.60 bits per heavy atom. The van der Waals surface area contributed by atoms with Crippen LogP contribution in [0, 0.1) is 0 Å². The van der Waals surface area contributed by atoms with Gasteiger partial charge >= 0.3 is 6.09 Å². The molecule has 1 aromatic rings. The molecule has 30 heavy (non-hydrogen) atoms. The molecule has 1 aliphatic carbocycles. The summed E-state index contributed by atoms with van der Waals surface area (Å²) in [6.45, 7) is 1.50. The summed E-state index contributed by atoms with van der Waals surface area (Å²) in [4.78, 5) is 17.9. The number of amides is 1. The lowest BCUT2D eigenvalue weighted by atomic mass is 9.91. The summed E-state index contributed by atoms with van der Waals surface area (Å²) in [5.41, 5.74) is 1.22. The molecule has 1 amide bonds. The predicted octanol–water partition coefficient (Wildman–Crippen LogP) is 2.37. The van der Waals surface area contributed by atoms with Gasteiger partial charge in [0.2, 0.25) is 10.0 Å². The number of pyridine rings is 1. The average Bonchev–Trinajstić information content (AvgIpc) is 2.74. The summed E-state index contributed by atoms with van der Waals surface area (Å²) in [6, 6.07) is 4.01. The zero-order valence-corrected chi connectivity index (χ0v) is 18.3. The molecule has 3 heterocycles. The molecule has 166 valence electrons. The first-order valence-corrected chi connectivity index (χ1v) is 12.3. The van der Waals surface area contributed by atoms with E-state index in [1.165, 1.54) is 10.5 Å². The third kappa shape index (κ3) is 4.63. The molecular weight excluding hydrogens is 406 g/mol. The van der Waals surface area contributed by atoms with Gasteiger partial charge in [-0.2, -0.15) is 0 Å². The number of piperidine rings is 1. The van der Waals surface area contributed by atoms with Crippen LogP contribution in [0.2, 0.25) is 0 Å². The molecular formula is C21H31N3O5S. The lowest BCUT2D eigenvalue weighted by Crippen LogP contribution is -2.60. The van der Waals surface area contributed by atoms with E-state index in [-0.39, 0.29) is 25.3 Å². The highest BCUT2D eigenvalue weighted by molar-refractivity contribution is 7.89. The zero-order valence-electron chi connectivity index (χ0n) is 17.5. The number of sulfonamides is 1. The molecule has 0 radical (unpaired) electrons. The highest BCUT2D eigenvalue weighted by Crippen LogP contribution is 2.31. The number of nitrogens with zero attached hydrogens (tertiary/aromatic N) is 3. The maximum Gasteiger partial charge on any atom is 0.410 e. The Kier molecular flexibility index (Phi) is 6.60. The van der Waals surface area contributed by atoms with Crippen LogP contribution in [-0.2, 0) is 19.5 Å². The molecule has 1 aromatic heterocycles. The van der Waals surface area contributed by atoms with Crippen LogP contribution in [0.3, 0.4) is 0 Å². The highest BCUT2D eigenvalue weighted by atomic mass is 32.2. The predicted molar refractivity (Wildman–Crippen MR) is 112 cm³/mol. The van der Waals surface area contributed by atoms with E-state index in [9.17, 15) is 13.2 Å². The first-order chi connectivity index (χ1) is 14.5. The second-order valence-corrected chi connectivity index (χ2v) is 10.8. The normalized spacial score (nSPS) is 26.9. The summed E-state index contributed by atoms with van der Waals surface area (Å²) in [6.07, 6.45) is 8.33. The van der Waals surface area contributed by atoms with Crippen LogP contribution in [0.15, 0.2) is 24.5 Å². The van der Waals surface area contributed by atoms with E-state index in [4.69, 9.17) is 9.47 Å². The third-order valence-electron chi connectivity index (χ3n) is 6.74. The fourth-order valence-corrected chi connectivity index (χ4v) is 6.55. The van der Waals surface area contributed by atoms with Gasteiger partial charge in [0.25, 0.3) is 0 Å². The topological polar surface area (TPSA) is 89.0 Å². The van der Waals surface area contributed by atoms with Gasteiger partial charge in [-0.05, 0) is 62.1 Å². The molecule has 9 heteroatoms. The fourth-order valence-electron chi connectivity index (χ4n) is 4.67. The first kappa shape index (κ1) is 21.5. The summed E-state index contributed by atoms with van der Waals surface area (Å²) in [5.74, 6) is 0.375. The van der Waals surface area contributed by atoms with E-state index in [1.54, 1.807) is 23.8 Å². The van der Waals surface area contributed by atoms with E-state index >= 15 is 0 Å². The van der Waals surface area contributed by atoms with Crippen molar-refractivity contribution in [2.45, 2.75) is 61.9 Å². The molecule has 3 aliphatic rings. The Hall–Kier alpha value is -1.71. The van der Waals surface area contributed by atoms with E-state index in [1.807, 2.05) is 12.1 Å². The van der Waals surface area contributed by atoms with Gasteiger partial charge in [-0.25, -0.2) is 17.5 Å². The van der Waals surface area contributed by atoms with Crippen LogP contribution in [0.5, 0.6) is 0 Å². The van der Waals surface area contributed by atoms with Gasteiger partial charge in [0, 0.05) is 45.7 Å². The Morgan fingerprint density at radius 3 is 2.20 bits per heavy atom. The van der Waals surface area contributed by atoms with Crippen LogP contribution >= 0.6 is 0 Å². The molecule has 4 rings (SSSR count). The molecule has 0 unspecified atom stereocenters. The van der Waals surface area contributed by atoms with Crippen molar-refractivity contribution in [3.05, 3.63) is 30.1 Å². The minimum absolute atomic E-state index is 0.0910. The Balaban J connectivity index is 1.22. The Labute approximate surface area is 178 Å². The van der Waals surface area contributed by atoms with Gasteiger partial charge in [-0.1, -0.05) is 0 Å². The van der Waals surface area contributed by atoms with Gasteiger partial charge in [0.05, 0.1) is 6.10 Å². The van der Waals surface area contributed by atoms with E-state index < -0.39 is 21.4 Å². The second kappa shape index (κ2) is 9.20. The standard InChI is InChI=1S/C21H31N3O5S/c1-28-18-2-4-19(5-3-18)29-21(25)23-14-20(15-23)30(26,27)24-12-8-17(9-13-24)16-6-10-22-11-7-16/h6-7,10-11,17-20H,2-5,8-9,12-15H2,1H3. The van der Waals surface area contributed by atoms with Gasteiger partial charge < -0.3 is 14.4 Å². The van der Waals surface area contributed by atoms with E-state index in [0.29, 0.717) is 19.0 Å². The van der Waals surface area contributed by atoms with Crippen molar-refractivity contribution < 1.29 is 22.7 Å². The first-order valence-electron chi connectivity index (χ1n) is 10.8. The van der Waals surface area contributed by atoms with E-state index in [2.05, 4.69) is 4.98 Å². The second-order valence-electron chi connectivity index (χ2n) is 8.54. The van der Waals surface area contributed by atoms with Gasteiger partial charge in [0.15, 0.2) is 0 Å². The number of ether oxygens (including phenoxy) is 2. The maximum atomic E-state index is 13.0. The van der Waals surface area contributed by atoms with Crippen LogP contribution in [-0.4, -0.2) is 79.4 Å². The van der Waals surface area contributed by atoms with Gasteiger partial charge in [0.1, 0.15) is 11.4 Å². The quantitative estimate of drug-likeness (QED) is 0.703. The van der Waals surface area contributed by atoms with Crippen LogP contribution in [0.1, 0.15) is 50.0 Å². The molecule has 1 saturated carbocycles. The Morgan fingerprint density at radius 1 is 1.00 bits per heavy atom. The lowest BCUT2D eigenvalue weighted by Gasteiger charge is -2.42. The lowest BCUT2D eigenvalue weighted by molar-refractivity contribution is -0.00347. The van der Waals surface area contributed by atoms with Gasteiger partial charge in [-0.3, -0.25) is 4.98 Å². The van der Waals surface area contributed by atoms with Gasteiger partial charge in [-0.15, -0.1) is 0 Å². The molecule has 8 nitrogen and oxygen atoms in total. The van der Waals surface area contributed by atoms with Crippen molar-refractivity contribution in [2.24, 2.45) is 0 Å². The fraction of sp³-hybridized carbons (Fsp3) is 0.714. The Bertz CT molecular complexity index is 812. The summed E-state index contributed by atoms with van der Waals surface area (Å²) >= 11 is 0. The molecule has 0 aromatic carbocycles. The van der Waals surface area contributed by atoms with E-state index in [0.717, 1.165) is 38.5 Å².